The minimum atomic E-state index is -5.05. The number of benzene rings is 2. The second kappa shape index (κ2) is 11.3. The number of hydrogen-bond acceptors (Lipinski definition) is 3. The molecule has 0 aliphatic heterocycles. The molecule has 0 aromatic heterocycles. The van der Waals surface area contributed by atoms with Crippen molar-refractivity contribution in [2.24, 2.45) is 0 Å². The normalized spacial score (nSPS) is 13.2. The minimum Gasteiger partial charge on any atom is -0.444 e. The zero-order valence-electron chi connectivity index (χ0n) is 19.9. The van der Waals surface area contributed by atoms with Gasteiger partial charge in [-0.3, -0.25) is 4.79 Å². The minimum absolute atomic E-state index is 0.00871. The molecule has 2 aromatic rings. The van der Waals surface area contributed by atoms with E-state index in [9.17, 15) is 35.9 Å². The summed E-state index contributed by atoms with van der Waals surface area (Å²) in [6.45, 7) is 8.33. The molecule has 0 bridgehead atoms. The monoisotopic (exact) mass is 569 g/mol. The molecule has 2 aromatic carbocycles. The Morgan fingerprint density at radius 2 is 1.43 bits per heavy atom. The molecule has 0 fully saturated rings. The molecular formula is C25H23Cl2F6NO3. The molecule has 0 saturated heterocycles. The third-order valence-electron chi connectivity index (χ3n) is 4.84. The van der Waals surface area contributed by atoms with Gasteiger partial charge in [0.1, 0.15) is 5.60 Å². The van der Waals surface area contributed by atoms with E-state index in [0.29, 0.717) is 17.7 Å². The molecule has 1 atom stereocenters. The summed E-state index contributed by atoms with van der Waals surface area (Å²) in [4.78, 5) is 25.6. The van der Waals surface area contributed by atoms with Crippen molar-refractivity contribution in [1.29, 1.82) is 0 Å². The predicted octanol–water partition coefficient (Wildman–Crippen LogP) is 7.83. The van der Waals surface area contributed by atoms with E-state index in [-0.39, 0.29) is 28.1 Å². The van der Waals surface area contributed by atoms with Gasteiger partial charge < -0.3 is 10.1 Å². The van der Waals surface area contributed by atoms with E-state index < -0.39 is 59.0 Å². The molecule has 0 saturated carbocycles. The Balaban J connectivity index is 2.37. The number of Topliss-reactive ketones (excluding diaryl/α,β-unsaturated/α-hetero) is 1. The molecule has 0 radical (unpaired) electrons. The highest BCUT2D eigenvalue weighted by Crippen LogP contribution is 2.36. The number of alkyl halides is 6. The topological polar surface area (TPSA) is 55.4 Å². The summed E-state index contributed by atoms with van der Waals surface area (Å²) in [5.41, 5.74) is -4.23. The Bertz CT molecular complexity index is 1150. The van der Waals surface area contributed by atoms with Crippen molar-refractivity contribution in [3.8, 4) is 0 Å². The van der Waals surface area contributed by atoms with Crippen LogP contribution in [0.15, 0.2) is 48.6 Å². The molecule has 0 spiro atoms. The van der Waals surface area contributed by atoms with Crippen LogP contribution < -0.4 is 5.32 Å². The highest BCUT2D eigenvalue weighted by molar-refractivity contribution is 6.42. The second-order valence-corrected chi connectivity index (χ2v) is 10.0. The highest BCUT2D eigenvalue weighted by Gasteiger charge is 2.37. The quantitative estimate of drug-likeness (QED) is 0.273. The van der Waals surface area contributed by atoms with E-state index in [1.807, 2.05) is 0 Å². The van der Waals surface area contributed by atoms with Crippen molar-refractivity contribution < 1.29 is 40.7 Å². The molecule has 1 unspecified atom stereocenters. The van der Waals surface area contributed by atoms with Gasteiger partial charge in [0, 0.05) is 12.8 Å². The van der Waals surface area contributed by atoms with E-state index in [4.69, 9.17) is 27.9 Å². The predicted molar refractivity (Wildman–Crippen MR) is 128 cm³/mol. The van der Waals surface area contributed by atoms with Crippen LogP contribution in [0.3, 0.4) is 0 Å². The van der Waals surface area contributed by atoms with Gasteiger partial charge in [-0.15, -0.1) is 0 Å². The first-order valence-electron chi connectivity index (χ1n) is 10.7. The molecule has 0 heterocycles. The average molecular weight is 570 g/mol. The molecule has 202 valence electrons. The maximum atomic E-state index is 13.2. The summed E-state index contributed by atoms with van der Waals surface area (Å²) in [7, 11) is 0. The van der Waals surface area contributed by atoms with Crippen molar-refractivity contribution in [1.82, 2.24) is 5.32 Å². The summed E-state index contributed by atoms with van der Waals surface area (Å²) in [6.07, 6.45) is -11.8. The number of alkyl carbamates (subject to hydrolysis) is 1. The van der Waals surface area contributed by atoms with Gasteiger partial charge >= 0.3 is 18.4 Å². The molecule has 2 rings (SSSR count). The van der Waals surface area contributed by atoms with Crippen LogP contribution in [0.4, 0.5) is 31.1 Å². The van der Waals surface area contributed by atoms with Crippen LogP contribution in [0.2, 0.25) is 10.0 Å². The zero-order chi connectivity index (χ0) is 28.3. The first-order valence-corrected chi connectivity index (χ1v) is 11.5. The van der Waals surface area contributed by atoms with Crippen molar-refractivity contribution in [2.75, 3.05) is 0 Å². The van der Waals surface area contributed by atoms with Crippen LogP contribution in [0.5, 0.6) is 0 Å². The van der Waals surface area contributed by atoms with Crippen molar-refractivity contribution >= 4 is 35.1 Å². The lowest BCUT2D eigenvalue weighted by molar-refractivity contribution is -0.143. The fourth-order valence-electron chi connectivity index (χ4n) is 3.26. The summed E-state index contributed by atoms with van der Waals surface area (Å²) in [5.74, 6) is -0.817. The summed E-state index contributed by atoms with van der Waals surface area (Å²) in [5, 5.41) is 2.80. The van der Waals surface area contributed by atoms with E-state index in [0.717, 1.165) is 0 Å². The molecule has 4 nitrogen and oxygen atoms in total. The van der Waals surface area contributed by atoms with Crippen LogP contribution in [0, 0.1) is 0 Å². The molecule has 12 heteroatoms. The standard InChI is InChI=1S/C25H23Cl2F6NO3/c1-13(7-15-8-16(24(28,29)30)12-17(9-15)25(31,32)33)21(35)20(34-22(36)37-23(2,3)4)11-14-5-6-18(26)19(27)10-14/h5-6,8-10,12,20H,1,7,11H2,2-4H3,(H,34,36). The Hall–Kier alpha value is -2.72. The number of halogens is 8. The fourth-order valence-corrected chi connectivity index (χ4v) is 3.58. The molecule has 1 amide bonds. The fraction of sp³-hybridized carbons (Fsp3) is 0.360. The number of rotatable bonds is 7. The Labute approximate surface area is 219 Å². The number of carbonyl (C=O) groups excluding carboxylic acids is 2. The largest absolute Gasteiger partial charge is 0.444 e. The molecule has 37 heavy (non-hydrogen) atoms. The molecule has 0 aliphatic carbocycles. The van der Waals surface area contributed by atoms with Crippen molar-refractivity contribution in [3.05, 3.63) is 80.8 Å². The second-order valence-electron chi connectivity index (χ2n) is 9.21. The zero-order valence-corrected chi connectivity index (χ0v) is 21.4. The van der Waals surface area contributed by atoms with Crippen LogP contribution in [-0.2, 0) is 34.7 Å². The van der Waals surface area contributed by atoms with Crippen LogP contribution in [0.1, 0.15) is 43.0 Å². The maximum Gasteiger partial charge on any atom is 0.416 e. The van der Waals surface area contributed by atoms with E-state index in [1.165, 1.54) is 18.2 Å². The average Bonchev–Trinajstić information content (AvgIpc) is 2.72. The van der Waals surface area contributed by atoms with Gasteiger partial charge in [-0.2, -0.15) is 26.3 Å². The third kappa shape index (κ3) is 9.27. The third-order valence-corrected chi connectivity index (χ3v) is 5.58. The molecule has 0 aliphatic rings. The van der Waals surface area contributed by atoms with Gasteiger partial charge in [-0.25, -0.2) is 4.79 Å². The van der Waals surface area contributed by atoms with Gasteiger partial charge in [0.15, 0.2) is 5.78 Å². The van der Waals surface area contributed by atoms with Crippen LogP contribution in [-0.4, -0.2) is 23.5 Å². The van der Waals surface area contributed by atoms with Crippen molar-refractivity contribution in [3.63, 3.8) is 0 Å². The number of carbonyl (C=O) groups is 2. The van der Waals surface area contributed by atoms with Gasteiger partial charge in [-0.05, 0) is 67.8 Å². The van der Waals surface area contributed by atoms with Gasteiger partial charge in [-0.1, -0.05) is 35.8 Å². The Kier molecular flexibility index (Phi) is 9.36. The van der Waals surface area contributed by atoms with Crippen LogP contribution >= 0.6 is 23.2 Å². The van der Waals surface area contributed by atoms with E-state index in [2.05, 4.69) is 11.9 Å². The summed E-state index contributed by atoms with van der Waals surface area (Å²) < 4.78 is 84.4. The van der Waals surface area contributed by atoms with E-state index >= 15 is 0 Å². The van der Waals surface area contributed by atoms with Gasteiger partial charge in [0.2, 0.25) is 0 Å². The smallest absolute Gasteiger partial charge is 0.416 e. The molecular weight excluding hydrogens is 547 g/mol. The first kappa shape index (κ1) is 30.5. The molecule has 1 N–H and O–H groups in total. The number of amides is 1. The number of ketones is 1. The van der Waals surface area contributed by atoms with E-state index in [1.54, 1.807) is 20.8 Å². The number of ether oxygens (including phenoxy) is 1. The van der Waals surface area contributed by atoms with Crippen LogP contribution in [0.25, 0.3) is 0 Å². The number of nitrogens with one attached hydrogen (secondary N) is 1. The lowest BCUT2D eigenvalue weighted by atomic mass is 9.93. The van der Waals surface area contributed by atoms with Gasteiger partial charge in [0.25, 0.3) is 0 Å². The maximum absolute atomic E-state index is 13.2. The lowest BCUT2D eigenvalue weighted by Crippen LogP contribution is -2.45. The SMILES string of the molecule is C=C(Cc1cc(C(F)(F)F)cc(C(F)(F)F)c1)C(=O)C(Cc1ccc(Cl)c(Cl)c1)NC(=O)OC(C)(C)C. The number of hydrogen-bond donors (Lipinski definition) is 1. The lowest BCUT2D eigenvalue weighted by Gasteiger charge is -2.24. The Morgan fingerprint density at radius 1 is 0.892 bits per heavy atom. The first-order chi connectivity index (χ1) is 16.8. The highest BCUT2D eigenvalue weighted by atomic mass is 35.5. The summed E-state index contributed by atoms with van der Waals surface area (Å²) in [6, 6.07) is 4.16. The van der Waals surface area contributed by atoms with Gasteiger partial charge in [0.05, 0.1) is 27.2 Å². The summed E-state index contributed by atoms with van der Waals surface area (Å²) >= 11 is 11.9. The van der Waals surface area contributed by atoms with Crippen molar-refractivity contribution in [2.45, 2.75) is 57.6 Å². The Morgan fingerprint density at radius 3 is 1.89 bits per heavy atom.